The molecule has 2 fully saturated rings. The van der Waals surface area contributed by atoms with Gasteiger partial charge in [-0.25, -0.2) is 4.79 Å². The monoisotopic (exact) mass is 282 g/mol. The van der Waals surface area contributed by atoms with Gasteiger partial charge < -0.3 is 14.9 Å². The molecule has 0 aromatic heterocycles. The first-order valence-electron chi connectivity index (χ1n) is 7.78. The second kappa shape index (κ2) is 6.02. The van der Waals surface area contributed by atoms with E-state index in [1.165, 1.54) is 0 Å². The molecule has 2 heterocycles. The molecule has 2 aliphatic rings. The van der Waals surface area contributed by atoms with Gasteiger partial charge in [-0.3, -0.25) is 4.79 Å². The fourth-order valence-electron chi connectivity index (χ4n) is 3.48. The average Bonchev–Trinajstić information content (AvgIpc) is 2.91. The Kier molecular flexibility index (Phi) is 4.55. The number of piperidine rings is 1. The smallest absolute Gasteiger partial charge is 0.320 e. The second-order valence-electron chi connectivity index (χ2n) is 6.28. The van der Waals surface area contributed by atoms with Gasteiger partial charge in [-0.05, 0) is 37.5 Å². The lowest BCUT2D eigenvalue weighted by Gasteiger charge is -2.34. The largest absolute Gasteiger partial charge is 0.481 e. The quantitative estimate of drug-likeness (QED) is 0.864. The van der Waals surface area contributed by atoms with Crippen LogP contribution in [0.2, 0.25) is 0 Å². The predicted molar refractivity (Wildman–Crippen MR) is 76.5 cm³/mol. The lowest BCUT2D eigenvalue weighted by Crippen LogP contribution is -2.48. The van der Waals surface area contributed by atoms with Crippen molar-refractivity contribution in [2.24, 2.45) is 11.3 Å². The summed E-state index contributed by atoms with van der Waals surface area (Å²) in [7, 11) is 0. The van der Waals surface area contributed by atoms with Crippen molar-refractivity contribution in [2.75, 3.05) is 26.2 Å². The summed E-state index contributed by atoms with van der Waals surface area (Å²) in [5.41, 5.74) is 0.275. The normalized spacial score (nSPS) is 25.8. The van der Waals surface area contributed by atoms with Crippen LogP contribution in [0.5, 0.6) is 0 Å². The van der Waals surface area contributed by atoms with Gasteiger partial charge in [-0.15, -0.1) is 0 Å². The number of hydrogen-bond donors (Lipinski definition) is 1. The number of carboxylic acids is 1. The maximum absolute atomic E-state index is 12.5. The van der Waals surface area contributed by atoms with E-state index in [9.17, 15) is 9.59 Å². The van der Waals surface area contributed by atoms with Crippen LogP contribution in [0, 0.1) is 11.3 Å². The second-order valence-corrected chi connectivity index (χ2v) is 6.28. The van der Waals surface area contributed by atoms with Gasteiger partial charge in [-0.1, -0.05) is 13.8 Å². The summed E-state index contributed by atoms with van der Waals surface area (Å²) in [6.45, 7) is 7.10. The summed E-state index contributed by atoms with van der Waals surface area (Å²) in [6, 6.07) is 0.0414. The molecule has 0 aromatic rings. The van der Waals surface area contributed by atoms with Crippen molar-refractivity contribution in [3.63, 3.8) is 0 Å². The van der Waals surface area contributed by atoms with Gasteiger partial charge in [0.2, 0.25) is 0 Å². The van der Waals surface area contributed by atoms with Gasteiger partial charge in [0, 0.05) is 26.2 Å². The molecule has 0 bridgehead atoms. The minimum atomic E-state index is -0.777. The highest BCUT2D eigenvalue weighted by Crippen LogP contribution is 2.37. The Balaban J connectivity index is 1.96. The van der Waals surface area contributed by atoms with E-state index < -0.39 is 11.9 Å². The number of urea groups is 1. The van der Waals surface area contributed by atoms with E-state index in [-0.39, 0.29) is 11.4 Å². The van der Waals surface area contributed by atoms with Crippen molar-refractivity contribution in [1.82, 2.24) is 9.80 Å². The molecule has 0 saturated carbocycles. The third kappa shape index (κ3) is 2.91. The zero-order valence-corrected chi connectivity index (χ0v) is 12.6. The van der Waals surface area contributed by atoms with Gasteiger partial charge in [0.15, 0.2) is 0 Å². The molecule has 0 spiro atoms. The van der Waals surface area contributed by atoms with Crippen LogP contribution in [0.3, 0.4) is 0 Å². The third-order valence-electron chi connectivity index (χ3n) is 5.25. The van der Waals surface area contributed by atoms with Gasteiger partial charge in [0.1, 0.15) is 0 Å². The first kappa shape index (κ1) is 15.1. The molecule has 0 radical (unpaired) electrons. The van der Waals surface area contributed by atoms with Crippen LogP contribution in [0.25, 0.3) is 0 Å². The van der Waals surface area contributed by atoms with Crippen LogP contribution in [0.4, 0.5) is 4.79 Å². The van der Waals surface area contributed by atoms with Gasteiger partial charge in [0.25, 0.3) is 0 Å². The number of carbonyl (C=O) groups excluding carboxylic acids is 1. The van der Waals surface area contributed by atoms with Crippen LogP contribution in [0.15, 0.2) is 0 Å². The highest BCUT2D eigenvalue weighted by molar-refractivity contribution is 5.77. The lowest BCUT2D eigenvalue weighted by atomic mass is 9.82. The van der Waals surface area contributed by atoms with Crippen molar-refractivity contribution in [3.05, 3.63) is 0 Å². The summed E-state index contributed by atoms with van der Waals surface area (Å²) in [5, 5.41) is 9.11. The summed E-state index contributed by atoms with van der Waals surface area (Å²) < 4.78 is 0. The Hall–Kier alpha value is -1.26. The maximum Gasteiger partial charge on any atom is 0.320 e. The van der Waals surface area contributed by atoms with Gasteiger partial charge in [0.05, 0.1) is 5.92 Å². The Morgan fingerprint density at radius 3 is 2.45 bits per heavy atom. The Morgan fingerprint density at radius 2 is 1.90 bits per heavy atom. The molecule has 2 rings (SSSR count). The lowest BCUT2D eigenvalue weighted by molar-refractivity contribution is -0.143. The van der Waals surface area contributed by atoms with Crippen molar-refractivity contribution < 1.29 is 14.7 Å². The standard InChI is InChI=1S/C15H26N2O3/c1-3-15(4-2)7-9-17(11-15)14(20)16-8-5-6-12(10-16)13(18)19/h12H,3-11H2,1-2H3,(H,18,19). The molecule has 20 heavy (non-hydrogen) atoms. The average molecular weight is 282 g/mol. The van der Waals surface area contributed by atoms with E-state index in [1.54, 1.807) is 4.90 Å². The highest BCUT2D eigenvalue weighted by Gasteiger charge is 2.39. The van der Waals surface area contributed by atoms with E-state index in [1.807, 2.05) is 4.90 Å². The minimum absolute atomic E-state index is 0.0414. The zero-order chi connectivity index (χ0) is 14.8. The number of amides is 2. The van der Waals surface area contributed by atoms with Crippen molar-refractivity contribution >= 4 is 12.0 Å². The zero-order valence-electron chi connectivity index (χ0n) is 12.6. The molecule has 2 saturated heterocycles. The number of carboxylic acid groups (broad SMARTS) is 1. The van der Waals surface area contributed by atoms with Crippen molar-refractivity contribution in [1.29, 1.82) is 0 Å². The molecule has 0 aromatic carbocycles. The first-order chi connectivity index (χ1) is 9.51. The summed E-state index contributed by atoms with van der Waals surface area (Å²) in [5.74, 6) is -1.17. The van der Waals surface area contributed by atoms with E-state index >= 15 is 0 Å². The van der Waals surface area contributed by atoms with E-state index in [0.717, 1.165) is 38.8 Å². The number of likely N-dealkylation sites (tertiary alicyclic amines) is 2. The molecule has 114 valence electrons. The maximum atomic E-state index is 12.5. The molecule has 5 heteroatoms. The van der Waals surface area contributed by atoms with Crippen molar-refractivity contribution in [2.45, 2.75) is 46.0 Å². The topological polar surface area (TPSA) is 60.9 Å². The van der Waals surface area contributed by atoms with E-state index in [2.05, 4.69) is 13.8 Å². The molecule has 5 nitrogen and oxygen atoms in total. The van der Waals surface area contributed by atoms with Crippen LogP contribution < -0.4 is 0 Å². The SMILES string of the molecule is CCC1(CC)CCN(C(=O)N2CCCC(C(=O)O)C2)C1. The number of nitrogens with zero attached hydrogens (tertiary/aromatic N) is 2. The first-order valence-corrected chi connectivity index (χ1v) is 7.78. The van der Waals surface area contributed by atoms with Crippen molar-refractivity contribution in [3.8, 4) is 0 Å². The molecule has 2 aliphatic heterocycles. The fraction of sp³-hybridized carbons (Fsp3) is 0.867. The number of hydrogen-bond acceptors (Lipinski definition) is 2. The molecular weight excluding hydrogens is 256 g/mol. The summed E-state index contributed by atoms with van der Waals surface area (Å²) in [4.78, 5) is 27.3. The third-order valence-corrected chi connectivity index (χ3v) is 5.25. The Bertz CT molecular complexity index is 379. The summed E-state index contributed by atoms with van der Waals surface area (Å²) in [6.07, 6.45) is 4.76. The van der Waals surface area contributed by atoms with Gasteiger partial charge >= 0.3 is 12.0 Å². The molecule has 1 unspecified atom stereocenters. The van der Waals surface area contributed by atoms with E-state index in [4.69, 9.17) is 5.11 Å². The Labute approximate surface area is 120 Å². The predicted octanol–water partition coefficient (Wildman–Crippen LogP) is 2.42. The number of aliphatic carboxylic acids is 1. The number of rotatable bonds is 3. The number of carbonyl (C=O) groups is 2. The molecule has 2 amide bonds. The Morgan fingerprint density at radius 1 is 1.20 bits per heavy atom. The van der Waals surface area contributed by atoms with Gasteiger partial charge in [-0.2, -0.15) is 0 Å². The highest BCUT2D eigenvalue weighted by atomic mass is 16.4. The van der Waals surface area contributed by atoms with Crippen LogP contribution in [-0.4, -0.2) is 53.1 Å². The fourth-order valence-corrected chi connectivity index (χ4v) is 3.48. The van der Waals surface area contributed by atoms with Crippen LogP contribution in [-0.2, 0) is 4.79 Å². The summed E-state index contributed by atoms with van der Waals surface area (Å²) >= 11 is 0. The van der Waals surface area contributed by atoms with E-state index in [0.29, 0.717) is 19.5 Å². The molecule has 1 N–H and O–H groups in total. The van der Waals surface area contributed by atoms with Crippen LogP contribution >= 0.6 is 0 Å². The molecular formula is C15H26N2O3. The molecule has 0 aliphatic carbocycles. The molecule has 1 atom stereocenters. The minimum Gasteiger partial charge on any atom is -0.481 e. The van der Waals surface area contributed by atoms with Crippen LogP contribution in [0.1, 0.15) is 46.0 Å².